The van der Waals surface area contributed by atoms with Gasteiger partial charge in [-0.1, -0.05) is 0 Å². The minimum absolute atomic E-state index is 0.0499. The summed E-state index contributed by atoms with van der Waals surface area (Å²) in [6.45, 7) is 1.89. The Morgan fingerprint density at radius 2 is 2.05 bits per heavy atom. The van der Waals surface area contributed by atoms with E-state index in [1.165, 1.54) is 24.3 Å². The molecule has 1 aromatic carbocycles. The third-order valence-corrected chi connectivity index (χ3v) is 2.79. The second-order valence-corrected chi connectivity index (χ2v) is 4.27. The van der Waals surface area contributed by atoms with Gasteiger partial charge in [0, 0.05) is 5.56 Å². The molecule has 0 saturated carbocycles. The molecule has 21 heavy (non-hydrogen) atoms. The largest absolute Gasteiger partial charge is 0.466 e. The summed E-state index contributed by atoms with van der Waals surface area (Å²) in [5, 5.41) is 0. The van der Waals surface area contributed by atoms with E-state index in [0.29, 0.717) is 5.56 Å². The topological polar surface area (TPSA) is 98.1 Å². The van der Waals surface area contributed by atoms with Crippen LogP contribution >= 0.6 is 0 Å². The molecule has 0 atom stereocenters. The van der Waals surface area contributed by atoms with Gasteiger partial charge in [0.2, 0.25) is 0 Å². The van der Waals surface area contributed by atoms with E-state index in [9.17, 15) is 14.0 Å². The average molecular weight is 291 g/mol. The van der Waals surface area contributed by atoms with E-state index >= 15 is 0 Å². The third kappa shape index (κ3) is 3.44. The number of aromatic amines is 1. The Morgan fingerprint density at radius 3 is 2.62 bits per heavy atom. The smallest absolute Gasteiger partial charge is 0.310 e. The number of ether oxygens (including phenoxy) is 1. The Labute approximate surface area is 119 Å². The molecule has 0 aliphatic rings. The fourth-order valence-electron chi connectivity index (χ4n) is 1.79. The highest BCUT2D eigenvalue weighted by molar-refractivity contribution is 5.74. The quantitative estimate of drug-likeness (QED) is 0.826. The molecular weight excluding hydrogens is 277 g/mol. The van der Waals surface area contributed by atoms with Gasteiger partial charge in [-0.05, 0) is 31.2 Å². The monoisotopic (exact) mass is 291 g/mol. The van der Waals surface area contributed by atoms with Crippen molar-refractivity contribution >= 4 is 11.8 Å². The average Bonchev–Trinajstić information content (AvgIpc) is 2.44. The number of nitrogen functional groups attached to an aromatic ring is 1. The molecule has 1 heterocycles. The van der Waals surface area contributed by atoms with Crippen LogP contribution in [0.1, 0.15) is 12.5 Å². The number of rotatable bonds is 4. The molecule has 110 valence electrons. The van der Waals surface area contributed by atoms with Gasteiger partial charge in [0.15, 0.2) is 0 Å². The molecule has 7 heteroatoms. The normalized spacial score (nSPS) is 10.4. The van der Waals surface area contributed by atoms with Gasteiger partial charge in [0.25, 0.3) is 5.56 Å². The van der Waals surface area contributed by atoms with Crippen LogP contribution in [0.25, 0.3) is 11.4 Å². The molecule has 0 fully saturated rings. The summed E-state index contributed by atoms with van der Waals surface area (Å²) < 4.78 is 17.6. The fraction of sp³-hybridized carbons (Fsp3) is 0.214. The highest BCUT2D eigenvalue weighted by Crippen LogP contribution is 2.16. The molecule has 0 aliphatic heterocycles. The number of nitrogens with one attached hydrogen (secondary N) is 1. The number of carbonyl (C=O) groups excluding carboxylic acids is 1. The van der Waals surface area contributed by atoms with Gasteiger partial charge in [0.1, 0.15) is 17.5 Å². The Bertz CT molecular complexity index is 710. The van der Waals surface area contributed by atoms with Crippen LogP contribution in [0.4, 0.5) is 10.2 Å². The van der Waals surface area contributed by atoms with E-state index in [1.807, 2.05) is 0 Å². The van der Waals surface area contributed by atoms with Crippen LogP contribution in [0.3, 0.4) is 0 Å². The minimum Gasteiger partial charge on any atom is -0.466 e. The number of anilines is 1. The number of carbonyl (C=O) groups is 1. The molecular formula is C14H14FN3O3. The summed E-state index contributed by atoms with van der Waals surface area (Å²) in [4.78, 5) is 30.0. The van der Waals surface area contributed by atoms with Crippen LogP contribution in [0.5, 0.6) is 0 Å². The second kappa shape index (κ2) is 6.17. The van der Waals surface area contributed by atoms with Gasteiger partial charge in [-0.15, -0.1) is 0 Å². The maximum Gasteiger partial charge on any atom is 0.310 e. The Morgan fingerprint density at radius 1 is 1.38 bits per heavy atom. The van der Waals surface area contributed by atoms with Crippen LogP contribution in [0, 0.1) is 5.82 Å². The van der Waals surface area contributed by atoms with Gasteiger partial charge >= 0.3 is 5.97 Å². The number of hydrogen-bond acceptors (Lipinski definition) is 5. The van der Waals surface area contributed by atoms with E-state index < -0.39 is 17.3 Å². The van der Waals surface area contributed by atoms with Crippen molar-refractivity contribution in [2.45, 2.75) is 13.3 Å². The highest BCUT2D eigenvalue weighted by Gasteiger charge is 2.14. The Hall–Kier alpha value is -2.70. The molecule has 0 unspecified atom stereocenters. The number of nitrogens with two attached hydrogens (primary N) is 1. The lowest BCUT2D eigenvalue weighted by Crippen LogP contribution is -2.22. The lowest BCUT2D eigenvalue weighted by molar-refractivity contribution is -0.142. The number of nitrogens with zero attached hydrogens (tertiary/aromatic N) is 1. The summed E-state index contributed by atoms with van der Waals surface area (Å²) in [6.07, 6.45) is -0.244. The van der Waals surface area contributed by atoms with Gasteiger partial charge in [-0.3, -0.25) is 9.59 Å². The van der Waals surface area contributed by atoms with Crippen molar-refractivity contribution in [3.63, 3.8) is 0 Å². The van der Waals surface area contributed by atoms with Gasteiger partial charge < -0.3 is 15.5 Å². The number of esters is 1. The van der Waals surface area contributed by atoms with E-state index in [4.69, 9.17) is 10.5 Å². The fourth-order valence-corrected chi connectivity index (χ4v) is 1.79. The van der Waals surface area contributed by atoms with Crippen LogP contribution < -0.4 is 11.3 Å². The van der Waals surface area contributed by atoms with Gasteiger partial charge in [-0.25, -0.2) is 9.37 Å². The lowest BCUT2D eigenvalue weighted by Gasteiger charge is -2.07. The minimum atomic E-state index is -0.550. The number of aromatic nitrogens is 2. The summed E-state index contributed by atoms with van der Waals surface area (Å²) >= 11 is 0. The number of halogens is 1. The van der Waals surface area contributed by atoms with Crippen molar-refractivity contribution in [1.82, 2.24) is 9.97 Å². The summed E-state index contributed by atoms with van der Waals surface area (Å²) in [5.41, 5.74) is 5.77. The molecule has 0 spiro atoms. The zero-order valence-corrected chi connectivity index (χ0v) is 11.4. The maximum absolute atomic E-state index is 12.9. The molecule has 0 aliphatic carbocycles. The van der Waals surface area contributed by atoms with Crippen LogP contribution in [0.15, 0.2) is 29.1 Å². The van der Waals surface area contributed by atoms with Gasteiger partial charge in [-0.2, -0.15) is 0 Å². The highest BCUT2D eigenvalue weighted by atomic mass is 19.1. The van der Waals surface area contributed by atoms with Crippen molar-refractivity contribution in [3.8, 4) is 11.4 Å². The van der Waals surface area contributed by atoms with Crippen molar-refractivity contribution in [2.24, 2.45) is 0 Å². The standard InChI is InChI=1S/C14H14FN3O3/c1-2-21-11(19)7-10-12(16)17-13(18-14(10)20)8-3-5-9(15)6-4-8/h3-6H,2,7H2,1H3,(H3,16,17,18,20). The number of benzene rings is 1. The van der Waals surface area contributed by atoms with Crippen molar-refractivity contribution < 1.29 is 13.9 Å². The predicted octanol–water partition coefficient (Wildman–Crippen LogP) is 1.26. The first-order valence-corrected chi connectivity index (χ1v) is 6.31. The molecule has 2 rings (SSSR count). The number of hydrogen-bond donors (Lipinski definition) is 2. The zero-order valence-electron chi connectivity index (χ0n) is 11.4. The first-order chi connectivity index (χ1) is 10.0. The molecule has 0 bridgehead atoms. The first-order valence-electron chi connectivity index (χ1n) is 6.31. The molecule has 6 nitrogen and oxygen atoms in total. The first kappa shape index (κ1) is 14.7. The van der Waals surface area contributed by atoms with Crippen LogP contribution in [0.2, 0.25) is 0 Å². The zero-order chi connectivity index (χ0) is 15.4. The Kier molecular flexibility index (Phi) is 4.32. The van der Waals surface area contributed by atoms with E-state index in [0.717, 1.165) is 0 Å². The molecule has 0 amide bonds. The summed E-state index contributed by atoms with van der Waals surface area (Å²) in [7, 11) is 0. The van der Waals surface area contributed by atoms with Crippen molar-refractivity contribution in [3.05, 3.63) is 46.0 Å². The summed E-state index contributed by atoms with van der Waals surface area (Å²) in [6, 6.07) is 5.44. The van der Waals surface area contributed by atoms with E-state index in [-0.39, 0.29) is 30.2 Å². The van der Waals surface area contributed by atoms with Crippen molar-refractivity contribution in [2.75, 3.05) is 12.3 Å². The van der Waals surface area contributed by atoms with Crippen LogP contribution in [-0.4, -0.2) is 22.5 Å². The third-order valence-electron chi connectivity index (χ3n) is 2.79. The molecule has 0 saturated heterocycles. The summed E-state index contributed by atoms with van der Waals surface area (Å²) in [5.74, 6) is -0.782. The predicted molar refractivity (Wildman–Crippen MR) is 75.0 cm³/mol. The molecule has 0 radical (unpaired) electrons. The Balaban J connectivity index is 2.35. The molecule has 3 N–H and O–H groups in total. The van der Waals surface area contributed by atoms with Crippen LogP contribution in [-0.2, 0) is 16.0 Å². The van der Waals surface area contributed by atoms with E-state index in [1.54, 1.807) is 6.92 Å². The van der Waals surface area contributed by atoms with Gasteiger partial charge in [0.05, 0.1) is 18.6 Å². The second-order valence-electron chi connectivity index (χ2n) is 4.27. The lowest BCUT2D eigenvalue weighted by atomic mass is 10.2. The SMILES string of the molecule is CCOC(=O)Cc1c(N)nc(-c2ccc(F)cc2)[nH]c1=O. The molecule has 1 aromatic heterocycles. The maximum atomic E-state index is 12.9. The van der Waals surface area contributed by atoms with E-state index in [2.05, 4.69) is 9.97 Å². The van der Waals surface area contributed by atoms with Crippen molar-refractivity contribution in [1.29, 1.82) is 0 Å². The molecule has 2 aromatic rings. The number of H-pyrrole nitrogens is 1.